The lowest BCUT2D eigenvalue weighted by atomic mass is 10.1. The summed E-state index contributed by atoms with van der Waals surface area (Å²) < 4.78 is 5.67. The van der Waals surface area contributed by atoms with Crippen LogP contribution in [0.4, 0.5) is 0 Å². The molecule has 0 saturated heterocycles. The summed E-state index contributed by atoms with van der Waals surface area (Å²) in [6.45, 7) is 3.23. The van der Waals surface area contributed by atoms with Gasteiger partial charge >= 0.3 is 0 Å². The fraction of sp³-hybridized carbons (Fsp3) is 0.389. The first kappa shape index (κ1) is 17.3. The first-order chi connectivity index (χ1) is 11.6. The average molecular weight is 365 g/mol. The minimum atomic E-state index is 0.181. The summed E-state index contributed by atoms with van der Waals surface area (Å²) in [6.07, 6.45) is 0.974. The number of halogens is 1. The van der Waals surface area contributed by atoms with Gasteiger partial charge in [0.05, 0.1) is 6.54 Å². The molecule has 6 heteroatoms. The molecule has 0 atom stereocenters. The van der Waals surface area contributed by atoms with Crippen molar-refractivity contribution in [3.8, 4) is 5.75 Å². The Morgan fingerprint density at radius 1 is 1.33 bits per heavy atom. The Labute approximate surface area is 151 Å². The average Bonchev–Trinajstić information content (AvgIpc) is 3.04. The third-order valence-electron chi connectivity index (χ3n) is 4.12. The molecule has 3 rings (SSSR count). The van der Waals surface area contributed by atoms with Gasteiger partial charge in [0.15, 0.2) is 0 Å². The fourth-order valence-electron chi connectivity index (χ4n) is 2.72. The number of hydrogen-bond donors (Lipinski definition) is 0. The summed E-state index contributed by atoms with van der Waals surface area (Å²) in [5, 5.41) is 2.80. The Morgan fingerprint density at radius 3 is 2.92 bits per heavy atom. The van der Waals surface area contributed by atoms with Crippen molar-refractivity contribution in [2.45, 2.75) is 13.0 Å². The lowest BCUT2D eigenvalue weighted by Gasteiger charge is -2.28. The van der Waals surface area contributed by atoms with Crippen molar-refractivity contribution < 1.29 is 9.53 Å². The Balaban J connectivity index is 1.41. The van der Waals surface area contributed by atoms with Crippen LogP contribution in [-0.2, 0) is 17.8 Å². The van der Waals surface area contributed by atoms with Gasteiger partial charge in [0.1, 0.15) is 12.4 Å². The van der Waals surface area contributed by atoms with E-state index >= 15 is 0 Å². The van der Waals surface area contributed by atoms with Crippen molar-refractivity contribution in [1.29, 1.82) is 0 Å². The van der Waals surface area contributed by atoms with E-state index in [9.17, 15) is 4.79 Å². The van der Waals surface area contributed by atoms with Gasteiger partial charge in [-0.25, -0.2) is 0 Å². The Hall–Kier alpha value is -1.56. The van der Waals surface area contributed by atoms with Crippen LogP contribution in [0.3, 0.4) is 0 Å². The molecule has 0 radical (unpaired) electrons. The molecular formula is C18H21ClN2O2S. The molecule has 0 unspecified atom stereocenters. The minimum absolute atomic E-state index is 0.181. The predicted molar refractivity (Wildman–Crippen MR) is 97.9 cm³/mol. The number of thiophene rings is 1. The zero-order valence-electron chi connectivity index (χ0n) is 13.7. The summed E-state index contributed by atoms with van der Waals surface area (Å²) in [4.78, 5) is 17.8. The molecule has 1 amide bonds. The molecule has 1 aromatic carbocycles. The monoisotopic (exact) mass is 364 g/mol. The molecule has 1 aliphatic rings. The van der Waals surface area contributed by atoms with Crippen LogP contribution in [0, 0.1) is 0 Å². The standard InChI is InChI=1S/C18H21ClN2O2S/c1-20(9-10-23-16-4-2-15(19)3-5-16)13-18(22)21-8-6-17-14(12-21)7-11-24-17/h2-5,7,11H,6,8-10,12-13H2,1H3. The normalized spacial score (nSPS) is 13.9. The van der Waals surface area contributed by atoms with Gasteiger partial charge in [-0.1, -0.05) is 11.6 Å². The number of carbonyl (C=O) groups excluding carboxylic acids is 1. The number of ether oxygens (including phenoxy) is 1. The van der Waals surface area contributed by atoms with Crippen LogP contribution in [0.25, 0.3) is 0 Å². The molecule has 128 valence electrons. The Bertz CT molecular complexity index is 687. The van der Waals surface area contributed by atoms with Gasteiger partial charge < -0.3 is 9.64 Å². The van der Waals surface area contributed by atoms with Crippen molar-refractivity contribution in [2.24, 2.45) is 0 Å². The Morgan fingerprint density at radius 2 is 2.12 bits per heavy atom. The molecular weight excluding hydrogens is 344 g/mol. The summed E-state index contributed by atoms with van der Waals surface area (Å²) in [7, 11) is 1.95. The predicted octanol–water partition coefficient (Wildman–Crippen LogP) is 3.30. The number of carbonyl (C=O) groups is 1. The number of nitrogens with zero attached hydrogens (tertiary/aromatic N) is 2. The van der Waals surface area contributed by atoms with Crippen LogP contribution < -0.4 is 4.74 Å². The second-order valence-electron chi connectivity index (χ2n) is 5.97. The largest absolute Gasteiger partial charge is 0.492 e. The maximum absolute atomic E-state index is 12.4. The highest BCUT2D eigenvalue weighted by Gasteiger charge is 2.22. The highest BCUT2D eigenvalue weighted by Crippen LogP contribution is 2.24. The summed E-state index contributed by atoms with van der Waals surface area (Å²) >= 11 is 7.64. The van der Waals surface area contributed by atoms with Crippen molar-refractivity contribution in [3.05, 3.63) is 51.2 Å². The third kappa shape index (κ3) is 4.50. The second kappa shape index (κ2) is 8.01. The van der Waals surface area contributed by atoms with Gasteiger partial charge in [-0.15, -0.1) is 11.3 Å². The minimum Gasteiger partial charge on any atom is -0.492 e. The van der Waals surface area contributed by atoms with Crippen LogP contribution >= 0.6 is 22.9 Å². The fourth-order valence-corrected chi connectivity index (χ4v) is 3.74. The molecule has 0 saturated carbocycles. The van der Waals surface area contributed by atoms with E-state index < -0.39 is 0 Å². The molecule has 0 bridgehead atoms. The van der Waals surface area contributed by atoms with Gasteiger partial charge in [0.2, 0.25) is 5.91 Å². The second-order valence-corrected chi connectivity index (χ2v) is 7.41. The number of hydrogen-bond acceptors (Lipinski definition) is 4. The smallest absolute Gasteiger partial charge is 0.237 e. The molecule has 24 heavy (non-hydrogen) atoms. The first-order valence-electron chi connectivity index (χ1n) is 8.02. The van der Waals surface area contributed by atoms with Gasteiger partial charge in [0.25, 0.3) is 0 Å². The first-order valence-corrected chi connectivity index (χ1v) is 9.27. The highest BCUT2D eigenvalue weighted by atomic mass is 35.5. The topological polar surface area (TPSA) is 32.8 Å². The van der Waals surface area contributed by atoms with E-state index in [2.05, 4.69) is 11.4 Å². The zero-order chi connectivity index (χ0) is 16.9. The van der Waals surface area contributed by atoms with E-state index in [1.807, 2.05) is 29.0 Å². The number of rotatable bonds is 6. The van der Waals surface area contributed by atoms with Crippen LogP contribution in [0.2, 0.25) is 5.02 Å². The number of benzene rings is 1. The van der Waals surface area contributed by atoms with Crippen LogP contribution in [0.1, 0.15) is 10.4 Å². The SMILES string of the molecule is CN(CCOc1ccc(Cl)cc1)CC(=O)N1CCc2sccc2C1. The molecule has 2 aromatic rings. The molecule has 0 spiro atoms. The van der Waals surface area contributed by atoms with Crippen LogP contribution in [0.5, 0.6) is 5.75 Å². The summed E-state index contributed by atoms with van der Waals surface area (Å²) in [5.74, 6) is 0.973. The maximum atomic E-state index is 12.4. The quantitative estimate of drug-likeness (QED) is 0.788. The van der Waals surface area contributed by atoms with Crippen molar-refractivity contribution in [1.82, 2.24) is 9.80 Å². The van der Waals surface area contributed by atoms with E-state index in [0.29, 0.717) is 24.7 Å². The van der Waals surface area contributed by atoms with Gasteiger partial charge in [0, 0.05) is 29.5 Å². The summed E-state index contributed by atoms with van der Waals surface area (Å²) in [6, 6.07) is 9.43. The van der Waals surface area contributed by atoms with Crippen LogP contribution in [-0.4, -0.2) is 49.0 Å². The molecule has 1 aromatic heterocycles. The van der Waals surface area contributed by atoms with E-state index in [1.54, 1.807) is 23.5 Å². The molecule has 0 fully saturated rings. The lowest BCUT2D eigenvalue weighted by Crippen LogP contribution is -2.42. The molecule has 2 heterocycles. The molecule has 0 aliphatic carbocycles. The molecule has 4 nitrogen and oxygen atoms in total. The van der Waals surface area contributed by atoms with Gasteiger partial charge in [-0.2, -0.15) is 0 Å². The van der Waals surface area contributed by atoms with E-state index in [0.717, 1.165) is 25.3 Å². The molecule has 0 N–H and O–H groups in total. The number of amides is 1. The van der Waals surface area contributed by atoms with Crippen LogP contribution in [0.15, 0.2) is 35.7 Å². The maximum Gasteiger partial charge on any atom is 0.237 e. The van der Waals surface area contributed by atoms with Gasteiger partial charge in [-0.05, 0) is 54.7 Å². The summed E-state index contributed by atoms with van der Waals surface area (Å²) in [5.41, 5.74) is 1.30. The zero-order valence-corrected chi connectivity index (χ0v) is 15.3. The van der Waals surface area contributed by atoms with E-state index in [-0.39, 0.29) is 5.91 Å². The Kier molecular flexibility index (Phi) is 5.76. The number of likely N-dealkylation sites (N-methyl/N-ethyl adjacent to an activating group) is 1. The lowest BCUT2D eigenvalue weighted by molar-refractivity contribution is -0.133. The highest BCUT2D eigenvalue weighted by molar-refractivity contribution is 7.10. The third-order valence-corrected chi connectivity index (χ3v) is 5.40. The van der Waals surface area contributed by atoms with Crippen molar-refractivity contribution in [3.63, 3.8) is 0 Å². The van der Waals surface area contributed by atoms with Crippen molar-refractivity contribution >= 4 is 28.8 Å². The molecule has 1 aliphatic heterocycles. The van der Waals surface area contributed by atoms with Crippen molar-refractivity contribution in [2.75, 3.05) is 33.3 Å². The van der Waals surface area contributed by atoms with E-state index in [4.69, 9.17) is 16.3 Å². The number of fused-ring (bicyclic) bond motifs is 1. The van der Waals surface area contributed by atoms with E-state index in [1.165, 1.54) is 10.4 Å². The van der Waals surface area contributed by atoms with Gasteiger partial charge in [-0.3, -0.25) is 9.69 Å².